The van der Waals surface area contributed by atoms with Crippen LogP contribution in [0.15, 0.2) is 36.7 Å². The molecule has 6 heteroatoms. The van der Waals surface area contributed by atoms with Gasteiger partial charge in [0.15, 0.2) is 0 Å². The summed E-state index contributed by atoms with van der Waals surface area (Å²) in [5.74, 6) is 0.641. The summed E-state index contributed by atoms with van der Waals surface area (Å²) in [6.07, 6.45) is 1.33. The Hall–Kier alpha value is -2.94. The molecule has 2 aromatic rings. The fraction of sp³-hybridized carbons (Fsp3) is 0.250. The van der Waals surface area contributed by atoms with Crippen LogP contribution >= 0.6 is 0 Å². The van der Waals surface area contributed by atoms with Gasteiger partial charge in [-0.2, -0.15) is 5.26 Å². The van der Waals surface area contributed by atoms with Crippen molar-refractivity contribution < 1.29 is 4.79 Å². The van der Waals surface area contributed by atoms with Gasteiger partial charge >= 0.3 is 0 Å². The normalized spacial score (nSPS) is 10.1. The lowest BCUT2D eigenvalue weighted by Gasteiger charge is -2.09. The van der Waals surface area contributed by atoms with E-state index in [-0.39, 0.29) is 5.91 Å². The number of carbonyl (C=O) groups excluding carboxylic acids is 1. The topological polar surface area (TPSA) is 90.7 Å². The van der Waals surface area contributed by atoms with E-state index < -0.39 is 0 Å². The molecule has 2 N–H and O–H groups in total. The van der Waals surface area contributed by atoms with Gasteiger partial charge in [0.1, 0.15) is 17.8 Å². The molecule has 1 amide bonds. The maximum absolute atomic E-state index is 12.0. The molecule has 0 saturated heterocycles. The zero-order valence-corrected chi connectivity index (χ0v) is 12.5. The molecule has 0 spiro atoms. The molecule has 0 radical (unpaired) electrons. The van der Waals surface area contributed by atoms with Crippen molar-refractivity contribution in [2.75, 3.05) is 11.9 Å². The highest BCUT2D eigenvalue weighted by molar-refractivity contribution is 5.92. The molecule has 22 heavy (non-hydrogen) atoms. The molecule has 0 unspecified atom stereocenters. The van der Waals surface area contributed by atoms with Gasteiger partial charge in [-0.05, 0) is 24.1 Å². The Morgan fingerprint density at radius 2 is 2.14 bits per heavy atom. The van der Waals surface area contributed by atoms with E-state index in [2.05, 4.69) is 26.7 Å². The monoisotopic (exact) mass is 295 g/mol. The summed E-state index contributed by atoms with van der Waals surface area (Å²) in [6, 6.07) is 10.7. The van der Waals surface area contributed by atoms with Crippen molar-refractivity contribution in [3.8, 4) is 6.07 Å². The van der Waals surface area contributed by atoms with Crippen LogP contribution in [0.4, 0.5) is 11.5 Å². The van der Waals surface area contributed by atoms with Crippen molar-refractivity contribution in [3.05, 3.63) is 47.9 Å². The zero-order valence-electron chi connectivity index (χ0n) is 12.5. The third-order valence-corrected chi connectivity index (χ3v) is 2.83. The molecular formula is C16H17N5O. The molecule has 0 aliphatic carbocycles. The third-order valence-electron chi connectivity index (χ3n) is 2.83. The largest absolute Gasteiger partial charge is 0.350 e. The Morgan fingerprint density at radius 1 is 1.32 bits per heavy atom. The van der Waals surface area contributed by atoms with Crippen molar-refractivity contribution in [2.45, 2.75) is 13.8 Å². The minimum atomic E-state index is -0.232. The molecule has 112 valence electrons. The molecular weight excluding hydrogens is 278 g/mol. The van der Waals surface area contributed by atoms with E-state index in [1.807, 2.05) is 19.9 Å². The maximum atomic E-state index is 12.0. The van der Waals surface area contributed by atoms with Gasteiger partial charge in [0.2, 0.25) is 0 Å². The average Bonchev–Trinajstić information content (AvgIpc) is 2.53. The number of nitrogens with zero attached hydrogens (tertiary/aromatic N) is 3. The highest BCUT2D eigenvalue weighted by Crippen LogP contribution is 2.15. The average molecular weight is 295 g/mol. The van der Waals surface area contributed by atoms with Crippen LogP contribution in [-0.2, 0) is 0 Å². The molecule has 1 heterocycles. The number of anilines is 2. The van der Waals surface area contributed by atoms with Gasteiger partial charge in [0.25, 0.3) is 5.91 Å². The number of benzene rings is 1. The minimum absolute atomic E-state index is 0.232. The number of hydrogen-bond donors (Lipinski definition) is 2. The first-order valence-electron chi connectivity index (χ1n) is 6.96. The second-order valence-corrected chi connectivity index (χ2v) is 5.21. The van der Waals surface area contributed by atoms with Gasteiger partial charge in [0, 0.05) is 18.3 Å². The molecule has 0 bridgehead atoms. The Morgan fingerprint density at radius 3 is 2.86 bits per heavy atom. The molecule has 0 aliphatic heterocycles. The number of hydrogen-bond acceptors (Lipinski definition) is 5. The number of rotatable bonds is 5. The number of aromatic nitrogens is 2. The summed E-state index contributed by atoms with van der Waals surface area (Å²) >= 11 is 0. The van der Waals surface area contributed by atoms with Gasteiger partial charge in [-0.15, -0.1) is 0 Å². The fourth-order valence-electron chi connectivity index (χ4n) is 1.75. The second kappa shape index (κ2) is 7.18. The molecule has 0 fully saturated rings. The third kappa shape index (κ3) is 4.28. The van der Waals surface area contributed by atoms with Gasteiger partial charge in [-0.1, -0.05) is 19.9 Å². The van der Waals surface area contributed by atoms with Crippen molar-refractivity contribution in [2.24, 2.45) is 5.92 Å². The highest BCUT2D eigenvalue weighted by atomic mass is 16.1. The Bertz CT molecular complexity index is 706. The lowest BCUT2D eigenvalue weighted by atomic mass is 10.2. The number of nitriles is 1. The van der Waals surface area contributed by atoms with Crippen LogP contribution in [0.1, 0.15) is 29.9 Å². The van der Waals surface area contributed by atoms with E-state index in [9.17, 15) is 4.79 Å². The van der Waals surface area contributed by atoms with Crippen LogP contribution in [-0.4, -0.2) is 22.4 Å². The van der Waals surface area contributed by atoms with E-state index in [0.717, 1.165) is 5.69 Å². The van der Waals surface area contributed by atoms with E-state index in [4.69, 9.17) is 5.26 Å². The van der Waals surface area contributed by atoms with Crippen LogP contribution in [0.2, 0.25) is 0 Å². The van der Waals surface area contributed by atoms with Crippen molar-refractivity contribution in [3.63, 3.8) is 0 Å². The number of amides is 1. The van der Waals surface area contributed by atoms with Crippen LogP contribution in [0.25, 0.3) is 0 Å². The van der Waals surface area contributed by atoms with Gasteiger partial charge < -0.3 is 10.6 Å². The van der Waals surface area contributed by atoms with Crippen molar-refractivity contribution in [1.82, 2.24) is 15.3 Å². The predicted molar refractivity (Wildman–Crippen MR) is 83.6 cm³/mol. The van der Waals surface area contributed by atoms with E-state index in [1.165, 1.54) is 6.33 Å². The van der Waals surface area contributed by atoms with Crippen LogP contribution in [0, 0.1) is 17.2 Å². The highest BCUT2D eigenvalue weighted by Gasteiger charge is 2.09. The Labute approximate surface area is 129 Å². The van der Waals surface area contributed by atoms with E-state index in [0.29, 0.717) is 29.5 Å². The van der Waals surface area contributed by atoms with E-state index >= 15 is 0 Å². The first-order chi connectivity index (χ1) is 10.6. The quantitative estimate of drug-likeness (QED) is 0.884. The summed E-state index contributed by atoms with van der Waals surface area (Å²) in [6.45, 7) is 4.64. The SMILES string of the molecule is CC(C)CNC(=O)c1cc(Nc2cccc(C#N)c2)ncn1. The summed E-state index contributed by atoms with van der Waals surface area (Å²) in [4.78, 5) is 20.0. The first kappa shape index (κ1) is 15.4. The summed E-state index contributed by atoms with van der Waals surface area (Å²) in [5, 5.41) is 14.8. The van der Waals surface area contributed by atoms with Gasteiger partial charge in [-0.3, -0.25) is 4.79 Å². The zero-order chi connectivity index (χ0) is 15.9. The maximum Gasteiger partial charge on any atom is 0.270 e. The minimum Gasteiger partial charge on any atom is -0.350 e. The van der Waals surface area contributed by atoms with Gasteiger partial charge in [-0.25, -0.2) is 9.97 Å². The van der Waals surface area contributed by atoms with Crippen LogP contribution in [0.3, 0.4) is 0 Å². The number of carbonyl (C=O) groups is 1. The van der Waals surface area contributed by atoms with Crippen LogP contribution in [0.5, 0.6) is 0 Å². The lowest BCUT2D eigenvalue weighted by Crippen LogP contribution is -2.28. The molecule has 1 aromatic heterocycles. The van der Waals surface area contributed by atoms with E-state index in [1.54, 1.807) is 24.3 Å². The summed E-state index contributed by atoms with van der Waals surface area (Å²) in [7, 11) is 0. The van der Waals surface area contributed by atoms with Gasteiger partial charge in [0.05, 0.1) is 11.6 Å². The summed E-state index contributed by atoms with van der Waals surface area (Å²) < 4.78 is 0. The molecule has 1 aromatic carbocycles. The molecule has 0 atom stereocenters. The lowest BCUT2D eigenvalue weighted by molar-refractivity contribution is 0.0944. The molecule has 0 saturated carbocycles. The Kier molecular flexibility index (Phi) is 5.04. The standard InChI is InChI=1S/C16H17N5O/c1-11(2)9-18-16(22)14-7-15(20-10-19-14)21-13-5-3-4-12(6-13)8-17/h3-7,10-11H,9H2,1-2H3,(H,18,22)(H,19,20,21). The second-order valence-electron chi connectivity index (χ2n) is 5.21. The molecule has 6 nitrogen and oxygen atoms in total. The predicted octanol–water partition coefficient (Wildman–Crippen LogP) is 2.48. The number of nitrogens with one attached hydrogen (secondary N) is 2. The molecule has 2 rings (SSSR count). The fourth-order valence-corrected chi connectivity index (χ4v) is 1.75. The molecule has 0 aliphatic rings. The van der Waals surface area contributed by atoms with Crippen molar-refractivity contribution in [1.29, 1.82) is 5.26 Å². The van der Waals surface area contributed by atoms with Crippen LogP contribution < -0.4 is 10.6 Å². The first-order valence-corrected chi connectivity index (χ1v) is 6.96. The smallest absolute Gasteiger partial charge is 0.270 e. The Balaban J connectivity index is 2.11. The van der Waals surface area contributed by atoms with Crippen molar-refractivity contribution >= 4 is 17.4 Å². The summed E-state index contributed by atoms with van der Waals surface area (Å²) in [5.41, 5.74) is 1.58.